The van der Waals surface area contributed by atoms with Crippen molar-refractivity contribution in [3.8, 4) is 0 Å². The molecule has 1 aliphatic carbocycles. The molecule has 1 aromatic carbocycles. The van der Waals surface area contributed by atoms with Crippen LogP contribution in [0.15, 0.2) is 28.8 Å². The van der Waals surface area contributed by atoms with Crippen molar-refractivity contribution >= 4 is 40.1 Å². The maximum Gasteiger partial charge on any atom is 0.292 e. The number of nitrogens with zero attached hydrogens (tertiary/aromatic N) is 2. The fraction of sp³-hybridized carbons (Fsp3) is 0.300. The molecule has 0 unspecified atom stereocenters. The molecular formula is C20H18ClN3O3. The van der Waals surface area contributed by atoms with Crippen LogP contribution in [0, 0.1) is 12.3 Å². The second-order valence-corrected chi connectivity index (χ2v) is 8.02. The van der Waals surface area contributed by atoms with Crippen molar-refractivity contribution < 1.29 is 14.0 Å². The van der Waals surface area contributed by atoms with Gasteiger partial charge in [-0.1, -0.05) is 31.5 Å². The van der Waals surface area contributed by atoms with E-state index in [0.717, 1.165) is 0 Å². The third-order valence-electron chi connectivity index (χ3n) is 4.75. The molecule has 0 spiro atoms. The number of halogens is 1. The molecule has 1 N–H and O–H groups in total. The van der Waals surface area contributed by atoms with Crippen molar-refractivity contribution in [3.05, 3.63) is 52.1 Å². The van der Waals surface area contributed by atoms with Gasteiger partial charge in [-0.2, -0.15) is 0 Å². The zero-order chi connectivity index (χ0) is 19.3. The van der Waals surface area contributed by atoms with Gasteiger partial charge in [0.1, 0.15) is 11.3 Å². The second kappa shape index (κ2) is 6.16. The largest absolute Gasteiger partial charge is 0.455 e. The number of hydrogen-bond acceptors (Lipinski definition) is 5. The van der Waals surface area contributed by atoms with Crippen LogP contribution in [0.25, 0.3) is 11.0 Å². The number of nitrogens with one attached hydrogen (secondary N) is 1. The summed E-state index contributed by atoms with van der Waals surface area (Å²) in [6.45, 7) is 5.77. The number of carbonyl (C=O) groups excluding carboxylic acids is 2. The number of fused-ring (bicyclic) bond motifs is 2. The Balaban J connectivity index is 1.66. The van der Waals surface area contributed by atoms with E-state index in [4.69, 9.17) is 16.0 Å². The standard InChI is InChI=1S/C20H18ClN3O3/c1-10-16-13(25)7-20(2,3)8-14(16)27-18(10)19(26)24-15-9-22-17-11(21)5-4-6-12(17)23-15/h4-6,9H,7-8H2,1-3H3,(H,23,24,26). The Hall–Kier alpha value is -2.73. The van der Waals surface area contributed by atoms with Gasteiger partial charge in [0, 0.05) is 18.4 Å². The first-order valence-electron chi connectivity index (χ1n) is 8.63. The van der Waals surface area contributed by atoms with Gasteiger partial charge in [-0.05, 0) is 24.5 Å². The minimum Gasteiger partial charge on any atom is -0.455 e. The topological polar surface area (TPSA) is 85.1 Å². The molecule has 0 atom stereocenters. The van der Waals surface area contributed by atoms with Gasteiger partial charge in [0.05, 0.1) is 22.3 Å². The van der Waals surface area contributed by atoms with Crippen LogP contribution in [0.5, 0.6) is 0 Å². The molecule has 1 amide bonds. The number of aromatic nitrogens is 2. The molecule has 2 aromatic heterocycles. The summed E-state index contributed by atoms with van der Waals surface area (Å²) >= 11 is 6.09. The number of anilines is 1. The highest BCUT2D eigenvalue weighted by atomic mass is 35.5. The summed E-state index contributed by atoms with van der Waals surface area (Å²) in [5, 5.41) is 3.19. The molecule has 1 aliphatic rings. The summed E-state index contributed by atoms with van der Waals surface area (Å²) in [5.41, 5.74) is 2.07. The van der Waals surface area contributed by atoms with E-state index in [1.54, 1.807) is 25.1 Å². The predicted octanol–water partition coefficient (Wildman–Crippen LogP) is 4.59. The van der Waals surface area contributed by atoms with Crippen LogP contribution >= 0.6 is 11.6 Å². The lowest BCUT2D eigenvalue weighted by molar-refractivity contribution is 0.0898. The Morgan fingerprint density at radius 2 is 2.07 bits per heavy atom. The number of hydrogen-bond donors (Lipinski definition) is 1. The molecule has 0 radical (unpaired) electrons. The van der Waals surface area contributed by atoms with Gasteiger partial charge in [-0.15, -0.1) is 0 Å². The van der Waals surface area contributed by atoms with Crippen LogP contribution in [0.3, 0.4) is 0 Å². The van der Waals surface area contributed by atoms with E-state index >= 15 is 0 Å². The van der Waals surface area contributed by atoms with Crippen LogP contribution in [0.4, 0.5) is 5.82 Å². The van der Waals surface area contributed by atoms with Gasteiger partial charge in [0.2, 0.25) is 0 Å². The summed E-state index contributed by atoms with van der Waals surface area (Å²) < 4.78 is 5.78. The quantitative estimate of drug-likeness (QED) is 0.699. The highest BCUT2D eigenvalue weighted by Crippen LogP contribution is 2.38. The van der Waals surface area contributed by atoms with Gasteiger partial charge < -0.3 is 9.73 Å². The minimum atomic E-state index is -0.455. The minimum absolute atomic E-state index is 0.0155. The SMILES string of the molecule is Cc1c(C(=O)Nc2cnc3c(Cl)cccc3n2)oc2c1C(=O)CC(C)(C)C2. The number of ketones is 1. The van der Waals surface area contributed by atoms with Gasteiger partial charge in [-0.3, -0.25) is 9.59 Å². The number of Topliss-reactive ketones (excluding diaryl/α,β-unsaturated/α-hetero) is 1. The van der Waals surface area contributed by atoms with E-state index in [-0.39, 0.29) is 22.8 Å². The van der Waals surface area contributed by atoms with E-state index in [1.807, 2.05) is 13.8 Å². The molecule has 6 nitrogen and oxygen atoms in total. The summed E-state index contributed by atoms with van der Waals surface area (Å²) in [6, 6.07) is 5.26. The summed E-state index contributed by atoms with van der Waals surface area (Å²) in [5.74, 6) is 0.564. The average Bonchev–Trinajstić information content (AvgIpc) is 2.90. The van der Waals surface area contributed by atoms with Crippen molar-refractivity contribution in [2.45, 2.75) is 33.6 Å². The molecule has 3 aromatic rings. The number of furan rings is 1. The number of benzene rings is 1. The van der Waals surface area contributed by atoms with Crippen molar-refractivity contribution in [3.63, 3.8) is 0 Å². The Bertz CT molecular complexity index is 1100. The Labute approximate surface area is 160 Å². The van der Waals surface area contributed by atoms with Crippen molar-refractivity contribution in [1.29, 1.82) is 0 Å². The first kappa shape index (κ1) is 17.7. The molecule has 27 heavy (non-hydrogen) atoms. The van der Waals surface area contributed by atoms with Crippen molar-refractivity contribution in [2.24, 2.45) is 5.41 Å². The van der Waals surface area contributed by atoms with Crippen LogP contribution < -0.4 is 5.32 Å². The van der Waals surface area contributed by atoms with Crippen molar-refractivity contribution in [1.82, 2.24) is 9.97 Å². The molecule has 0 aliphatic heterocycles. The summed E-state index contributed by atoms with van der Waals surface area (Å²) in [7, 11) is 0. The van der Waals surface area contributed by atoms with Gasteiger partial charge in [0.25, 0.3) is 5.91 Å². The number of para-hydroxylation sites is 1. The maximum atomic E-state index is 12.7. The van der Waals surface area contributed by atoms with E-state index in [2.05, 4.69) is 15.3 Å². The lowest BCUT2D eigenvalue weighted by atomic mass is 9.76. The van der Waals surface area contributed by atoms with E-state index in [0.29, 0.717) is 45.8 Å². The third kappa shape index (κ3) is 3.10. The first-order chi connectivity index (χ1) is 12.7. The molecule has 7 heteroatoms. The van der Waals surface area contributed by atoms with Crippen molar-refractivity contribution in [2.75, 3.05) is 5.32 Å². The van der Waals surface area contributed by atoms with Crippen LogP contribution in [0.2, 0.25) is 5.02 Å². The fourth-order valence-corrected chi connectivity index (χ4v) is 3.76. The molecule has 138 valence electrons. The summed E-state index contributed by atoms with van der Waals surface area (Å²) in [4.78, 5) is 33.8. The molecule has 0 bridgehead atoms. The van der Waals surface area contributed by atoms with E-state index in [9.17, 15) is 9.59 Å². The molecule has 0 saturated heterocycles. The Morgan fingerprint density at radius 1 is 1.30 bits per heavy atom. The van der Waals surface area contributed by atoms with Crippen LogP contribution in [0.1, 0.15) is 52.5 Å². The molecule has 0 fully saturated rings. The van der Waals surface area contributed by atoms with Crippen LogP contribution in [-0.2, 0) is 6.42 Å². The smallest absolute Gasteiger partial charge is 0.292 e. The molecular weight excluding hydrogens is 366 g/mol. The normalized spacial score (nSPS) is 15.6. The second-order valence-electron chi connectivity index (χ2n) is 7.61. The van der Waals surface area contributed by atoms with E-state index in [1.165, 1.54) is 6.20 Å². The molecule has 4 rings (SSSR count). The number of amides is 1. The number of carbonyl (C=O) groups is 2. The van der Waals surface area contributed by atoms with Gasteiger partial charge in [0.15, 0.2) is 17.4 Å². The number of rotatable bonds is 2. The summed E-state index contributed by atoms with van der Waals surface area (Å²) in [6.07, 6.45) is 2.51. The maximum absolute atomic E-state index is 12.7. The zero-order valence-corrected chi connectivity index (χ0v) is 16.0. The van der Waals surface area contributed by atoms with E-state index < -0.39 is 5.91 Å². The zero-order valence-electron chi connectivity index (χ0n) is 15.2. The Morgan fingerprint density at radius 3 is 2.85 bits per heavy atom. The fourth-order valence-electron chi connectivity index (χ4n) is 3.54. The van der Waals surface area contributed by atoms with Gasteiger partial charge >= 0.3 is 0 Å². The first-order valence-corrected chi connectivity index (χ1v) is 9.01. The highest BCUT2D eigenvalue weighted by molar-refractivity contribution is 6.34. The van der Waals surface area contributed by atoms with Crippen LogP contribution in [-0.4, -0.2) is 21.7 Å². The predicted molar refractivity (Wildman–Crippen MR) is 102 cm³/mol. The molecule has 0 saturated carbocycles. The lowest BCUT2D eigenvalue weighted by Crippen LogP contribution is -2.26. The average molecular weight is 384 g/mol. The van der Waals surface area contributed by atoms with Gasteiger partial charge in [-0.25, -0.2) is 9.97 Å². The Kier molecular flexibility index (Phi) is 4.03. The monoisotopic (exact) mass is 383 g/mol. The molecule has 2 heterocycles. The lowest BCUT2D eigenvalue weighted by Gasteiger charge is -2.27. The third-order valence-corrected chi connectivity index (χ3v) is 5.05. The highest BCUT2D eigenvalue weighted by Gasteiger charge is 2.37.